The highest BCUT2D eigenvalue weighted by molar-refractivity contribution is 5.88. The molecule has 0 fully saturated rings. The first kappa shape index (κ1) is 12.1. The van der Waals surface area contributed by atoms with Gasteiger partial charge in [0.05, 0.1) is 11.2 Å². The van der Waals surface area contributed by atoms with Gasteiger partial charge in [0.25, 0.3) is 0 Å². The lowest BCUT2D eigenvalue weighted by Crippen LogP contribution is -2.04. The van der Waals surface area contributed by atoms with Crippen molar-refractivity contribution in [3.8, 4) is 5.69 Å². The fourth-order valence-electron chi connectivity index (χ4n) is 3.02. The molecule has 2 aromatic heterocycles. The number of carboxylic acids is 1. The van der Waals surface area contributed by atoms with Gasteiger partial charge in [0.2, 0.25) is 0 Å². The second-order valence-corrected chi connectivity index (χ2v) is 5.22. The lowest BCUT2D eigenvalue weighted by molar-refractivity contribution is 0.0689. The quantitative estimate of drug-likeness (QED) is 0.783. The summed E-state index contributed by atoms with van der Waals surface area (Å²) in [5.41, 5.74) is 3.91. The average molecular weight is 279 g/mol. The summed E-state index contributed by atoms with van der Waals surface area (Å²) in [6, 6.07) is 9.76. The van der Waals surface area contributed by atoms with Gasteiger partial charge in [-0.25, -0.2) is 9.48 Å². The molecule has 0 radical (unpaired) electrons. The average Bonchev–Trinajstić information content (AvgIpc) is 3.08. The van der Waals surface area contributed by atoms with Gasteiger partial charge in [-0.15, -0.1) is 0 Å². The Bertz CT molecular complexity index is 867. The van der Waals surface area contributed by atoms with Crippen LogP contribution in [-0.4, -0.2) is 25.8 Å². The van der Waals surface area contributed by atoms with Crippen molar-refractivity contribution in [3.05, 3.63) is 53.5 Å². The molecular formula is C16H13N3O2. The predicted octanol–water partition coefficient (Wildman–Crippen LogP) is 2.61. The van der Waals surface area contributed by atoms with E-state index >= 15 is 0 Å². The van der Waals surface area contributed by atoms with Crippen LogP contribution in [0.15, 0.2) is 36.5 Å². The van der Waals surface area contributed by atoms with Crippen LogP contribution in [0.4, 0.5) is 0 Å². The molecule has 1 aromatic carbocycles. The molecule has 0 bridgehead atoms. The molecule has 5 nitrogen and oxygen atoms in total. The maximum Gasteiger partial charge on any atom is 0.356 e. The fraction of sp³-hybridized carbons (Fsp3) is 0.188. The van der Waals surface area contributed by atoms with E-state index in [0.717, 1.165) is 47.1 Å². The zero-order valence-electron chi connectivity index (χ0n) is 11.3. The van der Waals surface area contributed by atoms with Gasteiger partial charge in [0, 0.05) is 22.8 Å². The number of carbonyl (C=O) groups is 1. The summed E-state index contributed by atoms with van der Waals surface area (Å²) >= 11 is 0. The molecule has 0 aliphatic heterocycles. The van der Waals surface area contributed by atoms with Crippen molar-refractivity contribution in [2.45, 2.75) is 19.3 Å². The van der Waals surface area contributed by atoms with Gasteiger partial charge in [-0.3, -0.25) is 4.98 Å². The molecule has 0 amide bonds. The van der Waals surface area contributed by atoms with Gasteiger partial charge in [-0.05, 0) is 43.5 Å². The molecule has 1 aliphatic carbocycles. The number of hydrogen-bond donors (Lipinski definition) is 1. The maximum atomic E-state index is 11.3. The summed E-state index contributed by atoms with van der Waals surface area (Å²) in [6.45, 7) is 0. The number of rotatable bonds is 2. The Kier molecular flexibility index (Phi) is 2.54. The molecule has 0 spiro atoms. The van der Waals surface area contributed by atoms with Crippen LogP contribution in [0.25, 0.3) is 16.6 Å². The predicted molar refractivity (Wildman–Crippen MR) is 77.8 cm³/mol. The molecule has 104 valence electrons. The van der Waals surface area contributed by atoms with Crippen LogP contribution in [0.3, 0.4) is 0 Å². The molecule has 3 aromatic rings. The maximum absolute atomic E-state index is 11.3. The number of pyridine rings is 1. The van der Waals surface area contributed by atoms with E-state index in [1.165, 1.54) is 0 Å². The van der Waals surface area contributed by atoms with Crippen LogP contribution >= 0.6 is 0 Å². The lowest BCUT2D eigenvalue weighted by atomic mass is 10.2. The van der Waals surface area contributed by atoms with Crippen molar-refractivity contribution in [3.63, 3.8) is 0 Å². The molecule has 21 heavy (non-hydrogen) atoms. The Morgan fingerprint density at radius 1 is 1.24 bits per heavy atom. The second kappa shape index (κ2) is 4.41. The Hall–Kier alpha value is -2.69. The largest absolute Gasteiger partial charge is 0.476 e. The highest BCUT2D eigenvalue weighted by Crippen LogP contribution is 2.28. The van der Waals surface area contributed by atoms with Crippen LogP contribution < -0.4 is 0 Å². The first-order valence-corrected chi connectivity index (χ1v) is 6.93. The van der Waals surface area contributed by atoms with E-state index in [9.17, 15) is 9.90 Å². The van der Waals surface area contributed by atoms with E-state index in [-0.39, 0.29) is 5.69 Å². The van der Waals surface area contributed by atoms with Crippen molar-refractivity contribution in [1.82, 2.24) is 14.8 Å². The SMILES string of the molecule is O=C(O)c1nn(-c2ccc3ncccc3c2)c2c1CCC2. The van der Waals surface area contributed by atoms with Crippen molar-refractivity contribution in [2.75, 3.05) is 0 Å². The molecule has 4 rings (SSSR count). The van der Waals surface area contributed by atoms with Crippen molar-refractivity contribution >= 4 is 16.9 Å². The van der Waals surface area contributed by atoms with E-state index in [2.05, 4.69) is 10.1 Å². The Morgan fingerprint density at radius 2 is 2.14 bits per heavy atom. The number of carboxylic acid groups (broad SMARTS) is 1. The summed E-state index contributed by atoms with van der Waals surface area (Å²) in [6.07, 6.45) is 4.42. The molecule has 1 aliphatic rings. The van der Waals surface area contributed by atoms with E-state index in [4.69, 9.17) is 0 Å². The van der Waals surface area contributed by atoms with Crippen molar-refractivity contribution in [2.24, 2.45) is 0 Å². The Labute approximate surface area is 120 Å². The van der Waals surface area contributed by atoms with Crippen LogP contribution in [0.1, 0.15) is 28.2 Å². The van der Waals surface area contributed by atoms with Gasteiger partial charge in [0.15, 0.2) is 5.69 Å². The van der Waals surface area contributed by atoms with E-state index in [1.807, 2.05) is 30.3 Å². The molecule has 0 saturated heterocycles. The minimum absolute atomic E-state index is 0.189. The summed E-state index contributed by atoms with van der Waals surface area (Å²) in [7, 11) is 0. The third-order valence-electron chi connectivity index (χ3n) is 3.96. The highest BCUT2D eigenvalue weighted by atomic mass is 16.4. The topological polar surface area (TPSA) is 68.0 Å². The minimum atomic E-state index is -0.950. The zero-order valence-corrected chi connectivity index (χ0v) is 11.3. The van der Waals surface area contributed by atoms with Crippen LogP contribution in [0.2, 0.25) is 0 Å². The number of hydrogen-bond acceptors (Lipinski definition) is 3. The van der Waals surface area contributed by atoms with Crippen LogP contribution in [0, 0.1) is 0 Å². The minimum Gasteiger partial charge on any atom is -0.476 e. The molecule has 2 heterocycles. The standard InChI is InChI=1S/C16H13N3O2/c20-16(21)15-12-4-1-5-14(12)19(18-15)11-6-7-13-10(9-11)3-2-8-17-13/h2-3,6-9H,1,4-5H2,(H,20,21). The number of aromatic nitrogens is 3. The van der Waals surface area contributed by atoms with Crippen molar-refractivity contribution in [1.29, 1.82) is 0 Å². The first-order valence-electron chi connectivity index (χ1n) is 6.93. The number of aromatic carboxylic acids is 1. The summed E-state index contributed by atoms with van der Waals surface area (Å²) in [5.74, 6) is -0.950. The third kappa shape index (κ3) is 1.81. The molecule has 0 saturated carbocycles. The summed E-state index contributed by atoms with van der Waals surface area (Å²) < 4.78 is 1.78. The van der Waals surface area contributed by atoms with Gasteiger partial charge >= 0.3 is 5.97 Å². The molecule has 5 heteroatoms. The van der Waals surface area contributed by atoms with Gasteiger partial charge in [-0.2, -0.15) is 5.10 Å². The van der Waals surface area contributed by atoms with Crippen LogP contribution in [0.5, 0.6) is 0 Å². The van der Waals surface area contributed by atoms with Gasteiger partial charge in [-0.1, -0.05) is 6.07 Å². The van der Waals surface area contributed by atoms with Crippen LogP contribution in [-0.2, 0) is 12.8 Å². The first-order chi connectivity index (χ1) is 10.2. The zero-order chi connectivity index (χ0) is 14.4. The van der Waals surface area contributed by atoms with Crippen molar-refractivity contribution < 1.29 is 9.90 Å². The number of nitrogens with zero attached hydrogens (tertiary/aromatic N) is 3. The Morgan fingerprint density at radius 3 is 3.00 bits per heavy atom. The highest BCUT2D eigenvalue weighted by Gasteiger charge is 2.26. The van der Waals surface area contributed by atoms with E-state index in [0.29, 0.717) is 0 Å². The molecule has 0 unspecified atom stereocenters. The summed E-state index contributed by atoms with van der Waals surface area (Å²) in [4.78, 5) is 15.6. The second-order valence-electron chi connectivity index (χ2n) is 5.22. The van der Waals surface area contributed by atoms with Gasteiger partial charge < -0.3 is 5.11 Å². The molecular weight excluding hydrogens is 266 g/mol. The summed E-state index contributed by atoms with van der Waals surface area (Å²) in [5, 5.41) is 14.6. The monoisotopic (exact) mass is 279 g/mol. The fourth-order valence-corrected chi connectivity index (χ4v) is 3.02. The molecule has 1 N–H and O–H groups in total. The Balaban J connectivity index is 1.92. The normalized spacial score (nSPS) is 13.5. The third-order valence-corrected chi connectivity index (χ3v) is 3.96. The van der Waals surface area contributed by atoms with E-state index in [1.54, 1.807) is 10.9 Å². The number of fused-ring (bicyclic) bond motifs is 2. The van der Waals surface area contributed by atoms with Gasteiger partial charge in [0.1, 0.15) is 0 Å². The van der Waals surface area contributed by atoms with E-state index < -0.39 is 5.97 Å². The molecule has 0 atom stereocenters. The smallest absolute Gasteiger partial charge is 0.356 e. The number of benzene rings is 1. The lowest BCUT2D eigenvalue weighted by Gasteiger charge is -2.06.